The third-order valence-electron chi connectivity index (χ3n) is 5.47. The largest absolute Gasteiger partial charge is 0.484 e. The van der Waals surface area contributed by atoms with Crippen molar-refractivity contribution in [1.29, 1.82) is 0 Å². The number of carbonyl (C=O) groups excluding carboxylic acids is 1. The van der Waals surface area contributed by atoms with Crippen LogP contribution in [0.1, 0.15) is 29.9 Å². The van der Waals surface area contributed by atoms with Crippen LogP contribution in [-0.2, 0) is 30.8 Å². The highest BCUT2D eigenvalue weighted by Gasteiger charge is 2.20. The molecule has 1 aliphatic carbocycles. The molecule has 2 aromatic rings. The molecule has 1 fully saturated rings. The Morgan fingerprint density at radius 3 is 2.71 bits per heavy atom. The van der Waals surface area contributed by atoms with Crippen molar-refractivity contribution >= 4 is 18.1 Å². The highest BCUT2D eigenvalue weighted by atomic mass is 32.1. The van der Waals surface area contributed by atoms with Gasteiger partial charge >= 0.3 is 0 Å². The van der Waals surface area contributed by atoms with Gasteiger partial charge in [-0.2, -0.15) is 0 Å². The van der Waals surface area contributed by atoms with Gasteiger partial charge in [-0.3, -0.25) is 4.79 Å². The van der Waals surface area contributed by atoms with Gasteiger partial charge in [0.15, 0.2) is 6.61 Å². The number of hydrogen-bond acceptors (Lipinski definition) is 6. The fourth-order valence-electron chi connectivity index (χ4n) is 3.74. The Hall–Kier alpha value is -2.19. The third-order valence-corrected chi connectivity index (χ3v) is 5.77. The zero-order chi connectivity index (χ0) is 19.5. The van der Waals surface area contributed by atoms with Crippen LogP contribution in [0.4, 0.5) is 0 Å². The van der Waals surface area contributed by atoms with Gasteiger partial charge in [0.25, 0.3) is 10.7 Å². The highest BCUT2D eigenvalue weighted by Crippen LogP contribution is 2.25. The summed E-state index contributed by atoms with van der Waals surface area (Å²) < 4.78 is 12.8. The predicted octanol–water partition coefficient (Wildman–Crippen LogP) is 2.44. The maximum atomic E-state index is 12.5. The van der Waals surface area contributed by atoms with E-state index in [0.29, 0.717) is 5.89 Å². The minimum Gasteiger partial charge on any atom is -0.484 e. The van der Waals surface area contributed by atoms with Gasteiger partial charge < -0.3 is 19.0 Å². The van der Waals surface area contributed by atoms with Gasteiger partial charge in [-0.25, -0.2) is 4.68 Å². The molecule has 1 aliphatic heterocycles. The van der Waals surface area contributed by atoms with Crippen LogP contribution in [0.2, 0.25) is 0 Å². The molecule has 1 amide bonds. The molecule has 7 nitrogen and oxygen atoms in total. The van der Waals surface area contributed by atoms with Crippen LogP contribution < -0.4 is 4.74 Å². The van der Waals surface area contributed by atoms with Crippen molar-refractivity contribution < 1.29 is 13.9 Å². The van der Waals surface area contributed by atoms with Gasteiger partial charge in [0.05, 0.1) is 0 Å². The van der Waals surface area contributed by atoms with Crippen LogP contribution in [-0.4, -0.2) is 58.7 Å². The number of piperazine rings is 1. The SMILES string of the molecule is CN1CCN(C(=O)Cn2nc(COc3ccc4c(c3)CCCC4)oc2=S)CC1. The van der Waals surface area contributed by atoms with Crippen LogP contribution in [0.5, 0.6) is 5.75 Å². The van der Waals surface area contributed by atoms with Crippen LogP contribution in [0.3, 0.4) is 0 Å². The smallest absolute Gasteiger partial charge is 0.287 e. The lowest BCUT2D eigenvalue weighted by Crippen LogP contribution is -2.48. The second kappa shape index (κ2) is 8.45. The molecular weight excluding hydrogens is 376 g/mol. The second-order valence-electron chi connectivity index (χ2n) is 7.53. The summed E-state index contributed by atoms with van der Waals surface area (Å²) in [6.45, 7) is 3.53. The molecule has 0 saturated carbocycles. The molecule has 2 heterocycles. The number of nitrogens with zero attached hydrogens (tertiary/aromatic N) is 4. The summed E-state index contributed by atoms with van der Waals surface area (Å²) in [6, 6.07) is 6.25. The lowest BCUT2D eigenvalue weighted by Gasteiger charge is -2.32. The predicted molar refractivity (Wildman–Crippen MR) is 107 cm³/mol. The lowest BCUT2D eigenvalue weighted by atomic mass is 9.92. The molecule has 2 aliphatic rings. The minimum absolute atomic E-state index is 0.0136. The van der Waals surface area contributed by atoms with E-state index in [4.69, 9.17) is 21.4 Å². The summed E-state index contributed by atoms with van der Waals surface area (Å²) in [7, 11) is 2.06. The summed E-state index contributed by atoms with van der Waals surface area (Å²) >= 11 is 5.22. The summed E-state index contributed by atoms with van der Waals surface area (Å²) in [5.74, 6) is 1.21. The summed E-state index contributed by atoms with van der Waals surface area (Å²) in [4.78, 5) is 16.7. The van der Waals surface area contributed by atoms with Gasteiger partial charge in [-0.15, -0.1) is 5.10 Å². The Balaban J connectivity index is 1.35. The average molecular weight is 403 g/mol. The molecule has 150 valence electrons. The fraction of sp³-hybridized carbons (Fsp3) is 0.550. The van der Waals surface area contributed by atoms with E-state index in [2.05, 4.69) is 29.2 Å². The van der Waals surface area contributed by atoms with Crippen molar-refractivity contribution in [2.24, 2.45) is 0 Å². The molecule has 4 rings (SSSR count). The topological polar surface area (TPSA) is 63.7 Å². The van der Waals surface area contributed by atoms with E-state index in [1.807, 2.05) is 11.0 Å². The third kappa shape index (κ3) is 4.44. The maximum Gasteiger partial charge on any atom is 0.287 e. The van der Waals surface area contributed by atoms with Gasteiger partial charge in [0.2, 0.25) is 5.91 Å². The van der Waals surface area contributed by atoms with Gasteiger partial charge in [-0.05, 0) is 68.2 Å². The molecule has 0 unspecified atom stereocenters. The van der Waals surface area contributed by atoms with E-state index < -0.39 is 0 Å². The number of rotatable bonds is 5. The van der Waals surface area contributed by atoms with E-state index in [0.717, 1.165) is 44.8 Å². The second-order valence-corrected chi connectivity index (χ2v) is 7.88. The van der Waals surface area contributed by atoms with Crippen molar-refractivity contribution in [3.05, 3.63) is 40.1 Å². The maximum absolute atomic E-state index is 12.5. The molecule has 1 aromatic carbocycles. The average Bonchev–Trinajstić information content (AvgIpc) is 3.06. The van der Waals surface area contributed by atoms with Crippen molar-refractivity contribution in [3.63, 3.8) is 0 Å². The summed E-state index contributed by atoms with van der Waals surface area (Å²) in [5.41, 5.74) is 2.79. The van der Waals surface area contributed by atoms with E-state index in [-0.39, 0.29) is 23.9 Å². The molecule has 0 radical (unpaired) electrons. The van der Waals surface area contributed by atoms with Gasteiger partial charge in [0.1, 0.15) is 12.3 Å². The van der Waals surface area contributed by atoms with E-state index in [1.54, 1.807) is 0 Å². The number of hydrogen-bond donors (Lipinski definition) is 0. The zero-order valence-corrected chi connectivity index (χ0v) is 17.0. The molecule has 28 heavy (non-hydrogen) atoms. The number of fused-ring (bicyclic) bond motifs is 1. The molecule has 1 aromatic heterocycles. The van der Waals surface area contributed by atoms with Crippen LogP contribution >= 0.6 is 12.2 Å². The van der Waals surface area contributed by atoms with Crippen molar-refractivity contribution in [1.82, 2.24) is 19.6 Å². The summed E-state index contributed by atoms with van der Waals surface area (Å²) in [6.07, 6.45) is 4.75. The Morgan fingerprint density at radius 1 is 1.18 bits per heavy atom. The van der Waals surface area contributed by atoms with Crippen LogP contribution in [0, 0.1) is 4.84 Å². The summed E-state index contributed by atoms with van der Waals surface area (Å²) in [5, 5.41) is 4.33. The first kappa shape index (κ1) is 19.1. The highest BCUT2D eigenvalue weighted by molar-refractivity contribution is 7.71. The molecule has 0 spiro atoms. The first-order valence-corrected chi connectivity index (χ1v) is 10.3. The van der Waals surface area contributed by atoms with E-state index >= 15 is 0 Å². The van der Waals surface area contributed by atoms with Crippen molar-refractivity contribution in [2.75, 3.05) is 33.2 Å². The monoisotopic (exact) mass is 402 g/mol. The van der Waals surface area contributed by atoms with E-state index in [1.165, 1.54) is 28.7 Å². The Kier molecular flexibility index (Phi) is 5.77. The number of ether oxygens (including phenoxy) is 1. The van der Waals surface area contributed by atoms with Crippen LogP contribution in [0.25, 0.3) is 0 Å². The number of likely N-dealkylation sites (N-methyl/N-ethyl adjacent to an activating group) is 1. The van der Waals surface area contributed by atoms with Crippen molar-refractivity contribution in [2.45, 2.75) is 38.8 Å². The molecular formula is C20H26N4O3S. The first-order valence-electron chi connectivity index (χ1n) is 9.86. The van der Waals surface area contributed by atoms with Gasteiger partial charge in [0, 0.05) is 26.2 Å². The Bertz CT molecular complexity index is 899. The van der Waals surface area contributed by atoms with Gasteiger partial charge in [-0.1, -0.05) is 6.07 Å². The number of aryl methyl sites for hydroxylation is 2. The minimum atomic E-state index is 0.0136. The molecule has 0 atom stereocenters. The molecule has 0 bridgehead atoms. The molecule has 0 N–H and O–H groups in total. The quantitative estimate of drug-likeness (QED) is 0.716. The van der Waals surface area contributed by atoms with Crippen LogP contribution in [0.15, 0.2) is 22.6 Å². The number of aromatic nitrogens is 2. The number of amides is 1. The Labute approximate surface area is 169 Å². The normalized spacial score (nSPS) is 17.4. The fourth-order valence-corrected chi connectivity index (χ4v) is 3.94. The molecule has 1 saturated heterocycles. The van der Waals surface area contributed by atoms with E-state index in [9.17, 15) is 4.79 Å². The first-order chi connectivity index (χ1) is 13.6. The Morgan fingerprint density at radius 2 is 1.93 bits per heavy atom. The molecule has 8 heteroatoms. The number of carbonyl (C=O) groups is 1. The standard InChI is InChI=1S/C20H26N4O3S/c1-22-8-10-23(11-9-22)19(25)13-24-20(28)27-18(21-24)14-26-17-7-6-15-4-2-3-5-16(15)12-17/h6-7,12H,2-5,8-11,13-14H2,1H3. The lowest BCUT2D eigenvalue weighted by molar-refractivity contribution is -0.133. The number of benzene rings is 1. The van der Waals surface area contributed by atoms with Crippen molar-refractivity contribution in [3.8, 4) is 5.75 Å². The zero-order valence-electron chi connectivity index (χ0n) is 16.2.